The fourth-order valence-corrected chi connectivity index (χ4v) is 6.42. The van der Waals surface area contributed by atoms with E-state index in [0.29, 0.717) is 11.4 Å². The van der Waals surface area contributed by atoms with Crippen LogP contribution in [0.15, 0.2) is 35.4 Å². The van der Waals surface area contributed by atoms with Crippen molar-refractivity contribution in [2.45, 2.75) is 68.7 Å². The highest BCUT2D eigenvalue weighted by Crippen LogP contribution is 2.27. The molecule has 6 nitrogen and oxygen atoms in total. The lowest BCUT2D eigenvalue weighted by molar-refractivity contribution is -0.126. The SMILES string of the molecule is Cn1ccc2cc(S(=O)(=O)N3CCC[C@@H](C(=O)NC4CCCCCCC4)C3)ccc21. The van der Waals surface area contributed by atoms with Crippen LogP contribution in [0.5, 0.6) is 0 Å². The van der Waals surface area contributed by atoms with Gasteiger partial charge in [0.1, 0.15) is 0 Å². The number of nitrogens with zero attached hydrogens (tertiary/aromatic N) is 2. The van der Waals surface area contributed by atoms with Gasteiger partial charge in [-0.25, -0.2) is 8.42 Å². The van der Waals surface area contributed by atoms with Crippen molar-refractivity contribution >= 4 is 26.8 Å². The number of aryl methyl sites for hydroxylation is 1. The largest absolute Gasteiger partial charge is 0.353 e. The molecule has 7 heteroatoms. The third-order valence-corrected chi connectivity index (χ3v) is 8.56. The van der Waals surface area contributed by atoms with Gasteiger partial charge >= 0.3 is 0 Å². The molecule has 2 heterocycles. The molecule has 0 bridgehead atoms. The fraction of sp³-hybridized carbons (Fsp3) is 0.609. The molecule has 4 rings (SSSR count). The zero-order valence-corrected chi connectivity index (χ0v) is 18.7. The van der Waals surface area contributed by atoms with Crippen LogP contribution in [0, 0.1) is 5.92 Å². The summed E-state index contributed by atoms with van der Waals surface area (Å²) in [6.07, 6.45) is 11.6. The van der Waals surface area contributed by atoms with E-state index in [1.54, 1.807) is 12.1 Å². The van der Waals surface area contributed by atoms with Gasteiger partial charge in [-0.15, -0.1) is 0 Å². The number of nitrogens with one attached hydrogen (secondary N) is 1. The van der Waals surface area contributed by atoms with E-state index in [4.69, 9.17) is 0 Å². The van der Waals surface area contributed by atoms with E-state index in [0.717, 1.165) is 49.4 Å². The minimum atomic E-state index is -3.61. The van der Waals surface area contributed by atoms with Crippen molar-refractivity contribution in [1.82, 2.24) is 14.2 Å². The van der Waals surface area contributed by atoms with Crippen molar-refractivity contribution in [2.24, 2.45) is 13.0 Å². The van der Waals surface area contributed by atoms with E-state index >= 15 is 0 Å². The highest BCUT2D eigenvalue weighted by Gasteiger charge is 2.34. The zero-order valence-electron chi connectivity index (χ0n) is 17.8. The van der Waals surface area contributed by atoms with Crippen molar-refractivity contribution in [2.75, 3.05) is 13.1 Å². The molecule has 1 amide bonds. The minimum absolute atomic E-state index is 0.0268. The Labute approximate surface area is 179 Å². The summed E-state index contributed by atoms with van der Waals surface area (Å²) in [5.74, 6) is -0.238. The number of amides is 1. The summed E-state index contributed by atoms with van der Waals surface area (Å²) in [4.78, 5) is 13.2. The predicted molar refractivity (Wildman–Crippen MR) is 119 cm³/mol. The molecule has 1 atom stereocenters. The molecular formula is C23H33N3O3S. The molecule has 1 aliphatic heterocycles. The van der Waals surface area contributed by atoms with Crippen molar-refractivity contribution in [1.29, 1.82) is 0 Å². The molecular weight excluding hydrogens is 398 g/mol. The molecule has 0 spiro atoms. The van der Waals surface area contributed by atoms with E-state index in [-0.39, 0.29) is 24.4 Å². The van der Waals surface area contributed by atoms with Crippen molar-refractivity contribution in [3.63, 3.8) is 0 Å². The number of piperidine rings is 1. The Hall–Kier alpha value is -1.86. The smallest absolute Gasteiger partial charge is 0.243 e. The second kappa shape index (κ2) is 9.10. The molecule has 1 aromatic carbocycles. The van der Waals surface area contributed by atoms with Crippen LogP contribution in [0.25, 0.3) is 10.9 Å². The van der Waals surface area contributed by atoms with Crippen molar-refractivity contribution in [3.8, 4) is 0 Å². The Balaban J connectivity index is 1.44. The second-order valence-electron chi connectivity index (χ2n) is 8.90. The summed E-state index contributed by atoms with van der Waals surface area (Å²) < 4.78 is 30.0. The summed E-state index contributed by atoms with van der Waals surface area (Å²) in [5.41, 5.74) is 1.00. The zero-order chi connectivity index (χ0) is 21.1. The van der Waals surface area contributed by atoms with Crippen LogP contribution in [0.4, 0.5) is 0 Å². The molecule has 2 aromatic rings. The summed E-state index contributed by atoms with van der Waals surface area (Å²) in [6, 6.07) is 7.43. The second-order valence-corrected chi connectivity index (χ2v) is 10.8. The first-order valence-electron chi connectivity index (χ1n) is 11.3. The van der Waals surface area contributed by atoms with E-state index in [2.05, 4.69) is 5.32 Å². The number of carbonyl (C=O) groups is 1. The maximum atomic E-state index is 13.3. The normalized spacial score (nSPS) is 22.5. The first kappa shape index (κ1) is 21.4. The molecule has 1 saturated carbocycles. The van der Waals surface area contributed by atoms with Crippen LogP contribution in [0.3, 0.4) is 0 Å². The summed E-state index contributed by atoms with van der Waals surface area (Å²) in [7, 11) is -1.67. The van der Waals surface area contributed by atoms with Crippen LogP contribution in [0.1, 0.15) is 57.8 Å². The van der Waals surface area contributed by atoms with Gasteiger partial charge in [-0.05, 0) is 49.9 Å². The maximum absolute atomic E-state index is 13.3. The first-order valence-corrected chi connectivity index (χ1v) is 12.7. The average Bonchev–Trinajstić information content (AvgIpc) is 3.10. The minimum Gasteiger partial charge on any atom is -0.353 e. The molecule has 2 fully saturated rings. The van der Waals surface area contributed by atoms with Gasteiger partial charge in [0.15, 0.2) is 0 Å². The van der Waals surface area contributed by atoms with E-state index in [1.807, 2.05) is 29.9 Å². The Bertz CT molecular complexity index is 990. The van der Waals surface area contributed by atoms with Crippen LogP contribution >= 0.6 is 0 Å². The molecule has 1 aromatic heterocycles. The Morgan fingerprint density at radius 3 is 2.50 bits per heavy atom. The van der Waals surface area contributed by atoms with Crippen molar-refractivity contribution < 1.29 is 13.2 Å². The van der Waals surface area contributed by atoms with Crippen LogP contribution in [-0.4, -0.2) is 42.3 Å². The van der Waals surface area contributed by atoms with Gasteiger partial charge < -0.3 is 9.88 Å². The van der Waals surface area contributed by atoms with Gasteiger partial charge in [-0.2, -0.15) is 4.31 Å². The molecule has 0 radical (unpaired) electrons. The number of benzene rings is 1. The average molecular weight is 432 g/mol. The molecule has 1 N–H and O–H groups in total. The standard InChI is InChI=1S/C23H33N3O3S/c1-25-15-13-18-16-21(11-12-22(18)25)30(28,29)26-14-7-8-19(17-26)23(27)24-20-9-5-3-2-4-6-10-20/h11-13,15-16,19-20H,2-10,14,17H2,1H3,(H,24,27)/t19-/m1/s1. The monoisotopic (exact) mass is 431 g/mol. The Morgan fingerprint density at radius 2 is 1.73 bits per heavy atom. The summed E-state index contributed by atoms with van der Waals surface area (Å²) in [6.45, 7) is 0.746. The van der Waals surface area contributed by atoms with Crippen molar-refractivity contribution in [3.05, 3.63) is 30.5 Å². The molecule has 1 aliphatic carbocycles. The van der Waals surface area contributed by atoms with Gasteiger partial charge in [0.25, 0.3) is 0 Å². The lowest BCUT2D eigenvalue weighted by Gasteiger charge is -2.32. The lowest BCUT2D eigenvalue weighted by atomic mass is 9.94. The number of carbonyl (C=O) groups excluding carboxylic acids is 1. The molecule has 1 saturated heterocycles. The Kier molecular flexibility index (Phi) is 6.48. The lowest BCUT2D eigenvalue weighted by Crippen LogP contribution is -2.47. The molecule has 0 unspecified atom stereocenters. The number of fused-ring (bicyclic) bond motifs is 1. The number of sulfonamides is 1. The summed E-state index contributed by atoms with van der Waals surface area (Å²) >= 11 is 0. The van der Waals surface area contributed by atoms with E-state index < -0.39 is 10.0 Å². The number of rotatable bonds is 4. The van der Waals surface area contributed by atoms with Crippen LogP contribution in [0.2, 0.25) is 0 Å². The van der Waals surface area contributed by atoms with Crippen LogP contribution in [-0.2, 0) is 21.9 Å². The summed E-state index contributed by atoms with van der Waals surface area (Å²) in [5, 5.41) is 4.14. The third-order valence-electron chi connectivity index (χ3n) is 6.70. The third kappa shape index (κ3) is 4.57. The molecule has 30 heavy (non-hydrogen) atoms. The highest BCUT2D eigenvalue weighted by molar-refractivity contribution is 7.89. The number of aromatic nitrogens is 1. The van der Waals surface area contributed by atoms with Gasteiger partial charge in [0.05, 0.1) is 10.8 Å². The van der Waals surface area contributed by atoms with E-state index in [9.17, 15) is 13.2 Å². The molecule has 2 aliphatic rings. The maximum Gasteiger partial charge on any atom is 0.243 e. The van der Waals surface area contributed by atoms with E-state index in [1.165, 1.54) is 23.6 Å². The topological polar surface area (TPSA) is 71.4 Å². The Morgan fingerprint density at radius 1 is 1.00 bits per heavy atom. The highest BCUT2D eigenvalue weighted by atomic mass is 32.2. The van der Waals surface area contributed by atoms with Gasteiger partial charge in [0.2, 0.25) is 15.9 Å². The predicted octanol–water partition coefficient (Wildman–Crippen LogP) is 3.81. The van der Waals surface area contributed by atoms with Gasteiger partial charge in [-0.1, -0.05) is 32.1 Å². The molecule has 164 valence electrons. The fourth-order valence-electron chi connectivity index (χ4n) is 4.86. The first-order chi connectivity index (χ1) is 14.4. The van der Waals surface area contributed by atoms with Gasteiger partial charge in [-0.3, -0.25) is 4.79 Å². The quantitative estimate of drug-likeness (QED) is 0.800. The van der Waals surface area contributed by atoms with Crippen LogP contribution < -0.4 is 5.32 Å². The number of hydrogen-bond acceptors (Lipinski definition) is 3. The van der Waals surface area contributed by atoms with Gasteiger partial charge in [0, 0.05) is 43.3 Å². The number of hydrogen-bond donors (Lipinski definition) is 1.